The minimum absolute atomic E-state index is 0.0574. The minimum Gasteiger partial charge on any atom is -0.393 e. The van der Waals surface area contributed by atoms with Crippen LogP contribution in [0.15, 0.2) is 0 Å². The first-order chi connectivity index (χ1) is 7.33. The van der Waals surface area contributed by atoms with Crippen molar-refractivity contribution in [1.82, 2.24) is 10.2 Å². The van der Waals surface area contributed by atoms with Gasteiger partial charge in [-0.05, 0) is 32.2 Å². The van der Waals surface area contributed by atoms with E-state index in [2.05, 4.69) is 17.1 Å². The fourth-order valence-corrected chi connectivity index (χ4v) is 2.13. The van der Waals surface area contributed by atoms with E-state index in [-0.39, 0.29) is 6.10 Å². The Hall–Kier alpha value is -0.120. The second kappa shape index (κ2) is 8.08. The quantitative estimate of drug-likeness (QED) is 0.626. The second-order valence-electron chi connectivity index (χ2n) is 4.53. The van der Waals surface area contributed by atoms with E-state index in [4.69, 9.17) is 0 Å². The van der Waals surface area contributed by atoms with Gasteiger partial charge in [0.25, 0.3) is 0 Å². The van der Waals surface area contributed by atoms with Gasteiger partial charge in [0.1, 0.15) is 0 Å². The van der Waals surface area contributed by atoms with Gasteiger partial charge in [-0.1, -0.05) is 13.3 Å². The summed E-state index contributed by atoms with van der Waals surface area (Å²) in [6.45, 7) is 8.00. The molecule has 1 saturated heterocycles. The second-order valence-corrected chi connectivity index (χ2v) is 4.53. The van der Waals surface area contributed by atoms with Crippen LogP contribution < -0.4 is 5.32 Å². The molecule has 15 heavy (non-hydrogen) atoms. The molecule has 1 fully saturated rings. The van der Waals surface area contributed by atoms with Crippen molar-refractivity contribution in [2.75, 3.05) is 32.7 Å². The third kappa shape index (κ3) is 6.13. The van der Waals surface area contributed by atoms with Crippen LogP contribution in [0, 0.1) is 0 Å². The van der Waals surface area contributed by atoms with Crippen LogP contribution in [0.1, 0.15) is 39.0 Å². The SMILES string of the molecule is CCCC(O)CCCCN1CCNCC1. The van der Waals surface area contributed by atoms with Gasteiger partial charge in [-0.25, -0.2) is 0 Å². The van der Waals surface area contributed by atoms with E-state index in [1.165, 1.54) is 32.5 Å². The van der Waals surface area contributed by atoms with Gasteiger partial charge in [0.05, 0.1) is 6.10 Å². The highest BCUT2D eigenvalue weighted by Gasteiger charge is 2.08. The van der Waals surface area contributed by atoms with Crippen molar-refractivity contribution in [3.05, 3.63) is 0 Å². The van der Waals surface area contributed by atoms with E-state index in [1.54, 1.807) is 0 Å². The van der Waals surface area contributed by atoms with Crippen LogP contribution in [0.25, 0.3) is 0 Å². The normalized spacial score (nSPS) is 20.4. The molecule has 0 spiro atoms. The Morgan fingerprint density at radius 1 is 1.20 bits per heavy atom. The fourth-order valence-electron chi connectivity index (χ4n) is 2.13. The number of hydrogen-bond acceptors (Lipinski definition) is 3. The van der Waals surface area contributed by atoms with Crippen molar-refractivity contribution in [3.8, 4) is 0 Å². The summed E-state index contributed by atoms with van der Waals surface area (Å²) < 4.78 is 0. The van der Waals surface area contributed by atoms with E-state index >= 15 is 0 Å². The Morgan fingerprint density at radius 2 is 1.93 bits per heavy atom. The lowest BCUT2D eigenvalue weighted by molar-refractivity contribution is 0.147. The monoisotopic (exact) mass is 214 g/mol. The smallest absolute Gasteiger partial charge is 0.0540 e. The van der Waals surface area contributed by atoms with Gasteiger partial charge in [-0.15, -0.1) is 0 Å². The molecule has 0 aromatic carbocycles. The van der Waals surface area contributed by atoms with Gasteiger partial charge in [0.2, 0.25) is 0 Å². The van der Waals surface area contributed by atoms with E-state index in [9.17, 15) is 5.11 Å². The Morgan fingerprint density at radius 3 is 2.60 bits per heavy atom. The maximum Gasteiger partial charge on any atom is 0.0540 e. The maximum atomic E-state index is 9.56. The fraction of sp³-hybridized carbons (Fsp3) is 1.00. The van der Waals surface area contributed by atoms with Gasteiger partial charge < -0.3 is 15.3 Å². The third-order valence-electron chi connectivity index (χ3n) is 3.09. The molecule has 1 aliphatic heterocycles. The molecule has 1 atom stereocenters. The van der Waals surface area contributed by atoms with Crippen LogP contribution in [0.2, 0.25) is 0 Å². The average molecular weight is 214 g/mol. The number of nitrogens with zero attached hydrogens (tertiary/aromatic N) is 1. The molecule has 0 aromatic heterocycles. The number of aliphatic hydroxyl groups is 1. The van der Waals surface area contributed by atoms with Gasteiger partial charge in [0, 0.05) is 26.2 Å². The van der Waals surface area contributed by atoms with Crippen LogP contribution in [0.3, 0.4) is 0 Å². The van der Waals surface area contributed by atoms with Crippen molar-refractivity contribution in [2.45, 2.75) is 45.1 Å². The molecule has 0 aromatic rings. The van der Waals surface area contributed by atoms with Gasteiger partial charge in [0.15, 0.2) is 0 Å². The van der Waals surface area contributed by atoms with E-state index in [0.29, 0.717) is 0 Å². The number of aliphatic hydroxyl groups excluding tert-OH is 1. The number of piperazine rings is 1. The van der Waals surface area contributed by atoms with Crippen LogP contribution in [0.4, 0.5) is 0 Å². The number of rotatable bonds is 7. The van der Waals surface area contributed by atoms with Gasteiger partial charge in [-0.3, -0.25) is 0 Å². The Bertz CT molecular complexity index is 147. The van der Waals surface area contributed by atoms with Crippen molar-refractivity contribution < 1.29 is 5.11 Å². The molecule has 1 rings (SSSR count). The summed E-state index contributed by atoms with van der Waals surface area (Å²) in [6, 6.07) is 0. The molecule has 1 heterocycles. The molecular formula is C12H26N2O. The zero-order chi connectivity index (χ0) is 10.9. The molecule has 0 radical (unpaired) electrons. The molecular weight excluding hydrogens is 188 g/mol. The summed E-state index contributed by atoms with van der Waals surface area (Å²) in [7, 11) is 0. The van der Waals surface area contributed by atoms with Gasteiger partial charge >= 0.3 is 0 Å². The number of unbranched alkanes of at least 4 members (excludes halogenated alkanes) is 1. The molecule has 0 amide bonds. The molecule has 0 saturated carbocycles. The molecule has 3 heteroatoms. The zero-order valence-electron chi connectivity index (χ0n) is 10.0. The summed E-state index contributed by atoms with van der Waals surface area (Å²) in [5.74, 6) is 0. The number of nitrogens with one attached hydrogen (secondary N) is 1. The Labute approximate surface area is 93.9 Å². The highest BCUT2D eigenvalue weighted by Crippen LogP contribution is 2.07. The predicted molar refractivity (Wildman–Crippen MR) is 64.1 cm³/mol. The molecule has 90 valence electrons. The van der Waals surface area contributed by atoms with Crippen LogP contribution in [-0.4, -0.2) is 48.8 Å². The molecule has 0 bridgehead atoms. The van der Waals surface area contributed by atoms with E-state index < -0.39 is 0 Å². The molecule has 0 aliphatic carbocycles. The first kappa shape index (κ1) is 12.9. The lowest BCUT2D eigenvalue weighted by Gasteiger charge is -2.27. The summed E-state index contributed by atoms with van der Waals surface area (Å²) in [5.41, 5.74) is 0. The van der Waals surface area contributed by atoms with Gasteiger partial charge in [-0.2, -0.15) is 0 Å². The summed E-state index contributed by atoms with van der Waals surface area (Å²) in [5, 5.41) is 12.9. The summed E-state index contributed by atoms with van der Waals surface area (Å²) >= 11 is 0. The lowest BCUT2D eigenvalue weighted by Crippen LogP contribution is -2.43. The average Bonchev–Trinajstić information content (AvgIpc) is 2.26. The third-order valence-corrected chi connectivity index (χ3v) is 3.09. The highest BCUT2D eigenvalue weighted by atomic mass is 16.3. The molecule has 1 unspecified atom stereocenters. The van der Waals surface area contributed by atoms with Crippen LogP contribution >= 0.6 is 0 Å². The Balaban J connectivity index is 1.91. The molecule has 2 N–H and O–H groups in total. The largest absolute Gasteiger partial charge is 0.393 e. The van der Waals surface area contributed by atoms with E-state index in [1.807, 2.05) is 0 Å². The zero-order valence-corrected chi connectivity index (χ0v) is 10.0. The predicted octanol–water partition coefficient (Wildman–Crippen LogP) is 1.22. The first-order valence-corrected chi connectivity index (χ1v) is 6.44. The van der Waals surface area contributed by atoms with E-state index in [0.717, 1.165) is 32.4 Å². The summed E-state index contributed by atoms with van der Waals surface area (Å²) in [6.07, 6.45) is 5.40. The van der Waals surface area contributed by atoms with Crippen LogP contribution in [-0.2, 0) is 0 Å². The van der Waals surface area contributed by atoms with Crippen molar-refractivity contribution in [2.24, 2.45) is 0 Å². The standard InChI is InChI=1S/C12H26N2O/c1-2-5-12(15)6-3-4-9-14-10-7-13-8-11-14/h12-13,15H,2-11H2,1H3. The number of hydrogen-bond donors (Lipinski definition) is 2. The first-order valence-electron chi connectivity index (χ1n) is 6.44. The minimum atomic E-state index is -0.0574. The van der Waals surface area contributed by atoms with Crippen molar-refractivity contribution in [3.63, 3.8) is 0 Å². The summed E-state index contributed by atoms with van der Waals surface area (Å²) in [4.78, 5) is 2.52. The molecule has 1 aliphatic rings. The highest BCUT2D eigenvalue weighted by molar-refractivity contribution is 4.67. The van der Waals surface area contributed by atoms with Crippen molar-refractivity contribution in [1.29, 1.82) is 0 Å². The Kier molecular flexibility index (Phi) is 6.98. The maximum absolute atomic E-state index is 9.56. The molecule has 3 nitrogen and oxygen atoms in total. The topological polar surface area (TPSA) is 35.5 Å². The van der Waals surface area contributed by atoms with Crippen LogP contribution in [0.5, 0.6) is 0 Å². The van der Waals surface area contributed by atoms with Crippen molar-refractivity contribution >= 4 is 0 Å². The lowest BCUT2D eigenvalue weighted by atomic mass is 10.1.